The third-order valence-electron chi connectivity index (χ3n) is 3.62. The van der Waals surface area contributed by atoms with E-state index in [2.05, 4.69) is 9.97 Å². The van der Waals surface area contributed by atoms with Gasteiger partial charge in [-0.15, -0.1) is 12.4 Å². The Morgan fingerprint density at radius 2 is 1.96 bits per heavy atom. The van der Waals surface area contributed by atoms with E-state index in [0.29, 0.717) is 25.5 Å². The van der Waals surface area contributed by atoms with E-state index in [9.17, 15) is 4.79 Å². The van der Waals surface area contributed by atoms with Gasteiger partial charge in [0.05, 0.1) is 11.2 Å². The largest absolute Gasteiger partial charge is 0.333 e. The second-order valence-corrected chi connectivity index (χ2v) is 6.34. The molecular formula is C18H24Cl2N4O. The van der Waals surface area contributed by atoms with Crippen LogP contribution in [0.4, 0.5) is 0 Å². The number of rotatable bonds is 7. The molecule has 0 aliphatic rings. The van der Waals surface area contributed by atoms with E-state index in [4.69, 9.17) is 17.3 Å². The lowest BCUT2D eigenvalue weighted by Crippen LogP contribution is -2.33. The molecule has 2 N–H and O–H groups in total. The highest BCUT2D eigenvalue weighted by Gasteiger charge is 2.21. The summed E-state index contributed by atoms with van der Waals surface area (Å²) in [5.74, 6) is 0.545. The normalized spacial score (nSPS) is 10.4. The Balaban J connectivity index is 0.00000312. The van der Waals surface area contributed by atoms with Gasteiger partial charge in [0, 0.05) is 19.0 Å². The molecule has 0 radical (unpaired) electrons. The Labute approximate surface area is 160 Å². The molecule has 136 valence electrons. The topological polar surface area (TPSA) is 72.1 Å². The highest BCUT2D eigenvalue weighted by molar-refractivity contribution is 6.33. The zero-order valence-corrected chi connectivity index (χ0v) is 16.1. The molecule has 2 rings (SSSR count). The molecule has 1 aromatic carbocycles. The predicted molar refractivity (Wildman–Crippen MR) is 103 cm³/mol. The van der Waals surface area contributed by atoms with Crippen LogP contribution >= 0.6 is 24.0 Å². The number of carbonyl (C=O) groups excluding carboxylic acids is 1. The Morgan fingerprint density at radius 1 is 1.28 bits per heavy atom. The summed E-state index contributed by atoms with van der Waals surface area (Å²) in [5.41, 5.74) is 6.92. The Bertz CT molecular complexity index is 680. The maximum atomic E-state index is 13.0. The molecule has 0 saturated heterocycles. The number of nitrogens with zero attached hydrogens (tertiary/aromatic N) is 3. The summed E-state index contributed by atoms with van der Waals surface area (Å²) in [7, 11) is 0. The van der Waals surface area contributed by atoms with Crippen molar-refractivity contribution in [2.24, 2.45) is 5.73 Å². The van der Waals surface area contributed by atoms with Crippen LogP contribution in [-0.2, 0) is 6.54 Å². The zero-order valence-electron chi connectivity index (χ0n) is 14.5. The number of benzene rings is 1. The van der Waals surface area contributed by atoms with Crippen LogP contribution in [0.2, 0.25) is 5.02 Å². The van der Waals surface area contributed by atoms with Gasteiger partial charge in [0.25, 0.3) is 5.91 Å². The van der Waals surface area contributed by atoms with Gasteiger partial charge in [0.15, 0.2) is 5.69 Å². The molecule has 0 aliphatic carbocycles. The average molecular weight is 383 g/mol. The third kappa shape index (κ3) is 5.96. The van der Waals surface area contributed by atoms with Gasteiger partial charge < -0.3 is 10.6 Å². The first-order chi connectivity index (χ1) is 11.5. The smallest absolute Gasteiger partial charge is 0.274 e. The lowest BCUT2D eigenvalue weighted by molar-refractivity contribution is 0.0736. The highest BCUT2D eigenvalue weighted by atomic mass is 35.5. The standard InChI is InChI=1S/C18H23ClN4O.ClH/c1-13(2)17-21-11-15(19)16(22-17)18(24)23(10-6-9-20)12-14-7-4-3-5-8-14;/h3-5,7-8,11,13H,6,9-10,12,20H2,1-2H3;1H. The zero-order chi connectivity index (χ0) is 17.5. The van der Waals surface area contributed by atoms with Crippen molar-refractivity contribution in [3.05, 3.63) is 58.6 Å². The van der Waals surface area contributed by atoms with Gasteiger partial charge in [-0.2, -0.15) is 0 Å². The minimum absolute atomic E-state index is 0. The molecule has 0 saturated carbocycles. The first kappa shape index (κ1) is 21.4. The molecule has 0 spiro atoms. The number of halogens is 2. The van der Waals surface area contributed by atoms with Gasteiger partial charge >= 0.3 is 0 Å². The molecule has 0 bridgehead atoms. The van der Waals surface area contributed by atoms with Gasteiger partial charge in [-0.05, 0) is 18.5 Å². The van der Waals surface area contributed by atoms with Crippen molar-refractivity contribution in [1.82, 2.24) is 14.9 Å². The van der Waals surface area contributed by atoms with E-state index < -0.39 is 0 Å². The van der Waals surface area contributed by atoms with E-state index in [-0.39, 0.29) is 34.9 Å². The molecule has 0 aliphatic heterocycles. The van der Waals surface area contributed by atoms with Crippen LogP contribution < -0.4 is 5.73 Å². The van der Waals surface area contributed by atoms with Crippen molar-refractivity contribution in [2.75, 3.05) is 13.1 Å². The van der Waals surface area contributed by atoms with Gasteiger partial charge in [-0.25, -0.2) is 9.97 Å². The minimum Gasteiger partial charge on any atom is -0.333 e. The summed E-state index contributed by atoms with van der Waals surface area (Å²) < 4.78 is 0. The van der Waals surface area contributed by atoms with Crippen LogP contribution in [0.5, 0.6) is 0 Å². The van der Waals surface area contributed by atoms with Crippen molar-refractivity contribution in [1.29, 1.82) is 0 Å². The van der Waals surface area contributed by atoms with E-state index in [1.165, 1.54) is 6.20 Å². The molecular weight excluding hydrogens is 359 g/mol. The maximum Gasteiger partial charge on any atom is 0.274 e. The summed E-state index contributed by atoms with van der Waals surface area (Å²) in [6.07, 6.45) is 2.22. The average Bonchev–Trinajstić information content (AvgIpc) is 2.59. The molecule has 1 aromatic heterocycles. The van der Waals surface area contributed by atoms with E-state index >= 15 is 0 Å². The maximum absolute atomic E-state index is 13.0. The Kier molecular flexibility index (Phi) is 8.83. The minimum atomic E-state index is -0.193. The molecule has 5 nitrogen and oxygen atoms in total. The van der Waals surface area contributed by atoms with Gasteiger partial charge in [-0.1, -0.05) is 55.8 Å². The van der Waals surface area contributed by atoms with Crippen molar-refractivity contribution in [3.8, 4) is 0 Å². The molecule has 2 aromatic rings. The monoisotopic (exact) mass is 382 g/mol. The molecule has 1 heterocycles. The van der Waals surface area contributed by atoms with Crippen LogP contribution in [0.15, 0.2) is 36.5 Å². The first-order valence-electron chi connectivity index (χ1n) is 8.08. The second-order valence-electron chi connectivity index (χ2n) is 5.93. The lowest BCUT2D eigenvalue weighted by atomic mass is 10.2. The number of amides is 1. The van der Waals surface area contributed by atoms with Gasteiger partial charge in [-0.3, -0.25) is 4.79 Å². The fourth-order valence-corrected chi connectivity index (χ4v) is 2.47. The summed E-state index contributed by atoms with van der Waals surface area (Å²) in [6.45, 7) is 5.53. The molecule has 0 fully saturated rings. The van der Waals surface area contributed by atoms with E-state index in [0.717, 1.165) is 12.0 Å². The lowest BCUT2D eigenvalue weighted by Gasteiger charge is -2.23. The molecule has 25 heavy (non-hydrogen) atoms. The summed E-state index contributed by atoms with van der Waals surface area (Å²) in [4.78, 5) is 23.3. The van der Waals surface area contributed by atoms with Crippen molar-refractivity contribution >= 4 is 29.9 Å². The quantitative estimate of drug-likeness (QED) is 0.792. The predicted octanol–water partition coefficient (Wildman–Crippen LogP) is 3.67. The Hall–Kier alpha value is -1.69. The number of nitrogens with two attached hydrogens (primary N) is 1. The summed E-state index contributed by atoms with van der Waals surface area (Å²) >= 11 is 6.18. The number of carbonyl (C=O) groups is 1. The fourth-order valence-electron chi connectivity index (χ4n) is 2.30. The SMILES string of the molecule is CC(C)c1ncc(Cl)c(C(=O)N(CCCN)Cc2ccccc2)n1.Cl. The molecule has 7 heteroatoms. The number of hydrogen-bond acceptors (Lipinski definition) is 4. The van der Waals surface area contributed by atoms with Crippen LogP contribution in [0.3, 0.4) is 0 Å². The fraction of sp³-hybridized carbons (Fsp3) is 0.389. The van der Waals surface area contributed by atoms with Crippen molar-refractivity contribution in [2.45, 2.75) is 32.7 Å². The van der Waals surface area contributed by atoms with Gasteiger partial charge in [0.1, 0.15) is 5.82 Å². The molecule has 1 amide bonds. The molecule has 0 unspecified atom stereocenters. The Morgan fingerprint density at radius 3 is 2.56 bits per heavy atom. The van der Waals surface area contributed by atoms with Gasteiger partial charge in [0.2, 0.25) is 0 Å². The summed E-state index contributed by atoms with van der Waals surface area (Å²) in [5, 5.41) is 0.273. The van der Waals surface area contributed by atoms with E-state index in [1.54, 1.807) is 4.90 Å². The van der Waals surface area contributed by atoms with E-state index in [1.807, 2.05) is 44.2 Å². The third-order valence-corrected chi connectivity index (χ3v) is 3.89. The van der Waals surface area contributed by atoms with Crippen LogP contribution in [0, 0.1) is 0 Å². The van der Waals surface area contributed by atoms with Crippen LogP contribution in [0.25, 0.3) is 0 Å². The summed E-state index contributed by atoms with van der Waals surface area (Å²) in [6, 6.07) is 9.84. The van der Waals surface area contributed by atoms with Crippen LogP contribution in [-0.4, -0.2) is 33.9 Å². The first-order valence-corrected chi connectivity index (χ1v) is 8.46. The van der Waals surface area contributed by atoms with Crippen molar-refractivity contribution < 1.29 is 4.79 Å². The molecule has 0 atom stereocenters. The van der Waals surface area contributed by atoms with Crippen LogP contribution in [0.1, 0.15) is 48.1 Å². The number of aromatic nitrogens is 2. The highest BCUT2D eigenvalue weighted by Crippen LogP contribution is 2.19. The second kappa shape index (κ2) is 10.3. The van der Waals surface area contributed by atoms with Crippen molar-refractivity contribution in [3.63, 3.8) is 0 Å². The number of hydrogen-bond donors (Lipinski definition) is 1.